The van der Waals surface area contributed by atoms with Crippen molar-refractivity contribution < 1.29 is 46.1 Å². The molecule has 0 aromatic heterocycles. The first-order valence-corrected chi connectivity index (χ1v) is 13.6. The van der Waals surface area contributed by atoms with E-state index in [4.69, 9.17) is 0 Å². The van der Waals surface area contributed by atoms with Crippen LogP contribution in [0.15, 0.2) is 47.6 Å². The van der Waals surface area contributed by atoms with E-state index in [1.165, 1.54) is 44.9 Å². The molecule has 0 aromatic carbocycles. The summed E-state index contributed by atoms with van der Waals surface area (Å²) in [6.45, 7) is 2.38. The molecule has 4 atom stereocenters. The molecule has 4 aliphatic rings. The summed E-state index contributed by atoms with van der Waals surface area (Å²) in [5.74, 6) is 1.82. The van der Waals surface area contributed by atoms with E-state index in [0.717, 1.165) is 19.1 Å². The van der Waals surface area contributed by atoms with Crippen molar-refractivity contribution in [3.8, 4) is 0 Å². The molecule has 0 N–H and O–H groups in total. The SMILES string of the molecule is CC[CH]=[Zr+2]([CH]1CCC2CC=CC=C21)[CH]1CCC2CC=CC=C21.[Cl-].[Cl-]. The van der Waals surface area contributed by atoms with Crippen molar-refractivity contribution in [3.63, 3.8) is 0 Å². The summed E-state index contributed by atoms with van der Waals surface area (Å²) in [5.41, 5.74) is 3.74. The van der Waals surface area contributed by atoms with E-state index in [1.807, 2.05) is 11.1 Å². The molecule has 3 heteroatoms. The van der Waals surface area contributed by atoms with Gasteiger partial charge in [0.05, 0.1) is 0 Å². The minimum absolute atomic E-state index is 0. The van der Waals surface area contributed by atoms with Crippen molar-refractivity contribution in [1.29, 1.82) is 0 Å². The molecule has 0 aromatic rings. The molecule has 0 spiro atoms. The number of halogens is 2. The molecule has 0 radical (unpaired) electrons. The zero-order valence-corrected chi connectivity index (χ0v) is 18.5. The normalized spacial score (nSPS) is 32.3. The second kappa shape index (κ2) is 9.29. The second-order valence-corrected chi connectivity index (χ2v) is 14.3. The van der Waals surface area contributed by atoms with Gasteiger partial charge in [0.1, 0.15) is 0 Å². The van der Waals surface area contributed by atoms with Crippen LogP contribution in [-0.4, -0.2) is 3.71 Å². The number of fused-ring (bicyclic) bond motifs is 2. The largest absolute Gasteiger partial charge is 1.00 e. The second-order valence-electron chi connectivity index (χ2n) is 7.43. The average Bonchev–Trinajstić information content (AvgIpc) is 3.17. The summed E-state index contributed by atoms with van der Waals surface area (Å²) < 4.78 is 4.90. The zero-order valence-electron chi connectivity index (χ0n) is 14.6. The molecule has 24 heavy (non-hydrogen) atoms. The van der Waals surface area contributed by atoms with Gasteiger partial charge in [0.15, 0.2) is 0 Å². The van der Waals surface area contributed by atoms with Crippen molar-refractivity contribution in [2.75, 3.05) is 0 Å². The number of allylic oxidation sites excluding steroid dienone is 8. The molecule has 2 saturated carbocycles. The molecule has 4 aliphatic carbocycles. The van der Waals surface area contributed by atoms with Gasteiger partial charge in [-0.05, 0) is 0 Å². The third-order valence-corrected chi connectivity index (χ3v) is 15.5. The first kappa shape index (κ1) is 20.6. The Morgan fingerprint density at radius 2 is 1.38 bits per heavy atom. The maximum absolute atomic E-state index is 2.86. The molecule has 0 amide bonds. The molecule has 130 valence electrons. The van der Waals surface area contributed by atoms with Gasteiger partial charge in [-0.15, -0.1) is 0 Å². The average molecular weight is 443 g/mol. The van der Waals surface area contributed by atoms with Crippen molar-refractivity contribution >= 4 is 3.71 Å². The molecule has 0 saturated heterocycles. The molecular weight excluding hydrogens is 414 g/mol. The van der Waals surface area contributed by atoms with Crippen molar-refractivity contribution in [1.82, 2.24) is 0 Å². The van der Waals surface area contributed by atoms with Gasteiger partial charge in [-0.1, -0.05) is 0 Å². The topological polar surface area (TPSA) is 0 Å². The summed E-state index contributed by atoms with van der Waals surface area (Å²) in [7, 11) is 0. The van der Waals surface area contributed by atoms with Crippen LogP contribution in [0.2, 0.25) is 7.25 Å². The van der Waals surface area contributed by atoms with Crippen LogP contribution in [0, 0.1) is 11.8 Å². The van der Waals surface area contributed by atoms with E-state index in [0.29, 0.717) is 0 Å². The Bertz CT molecular complexity index is 549. The molecule has 0 aliphatic heterocycles. The summed E-state index contributed by atoms with van der Waals surface area (Å²) in [6.07, 6.45) is 24.4. The first-order chi connectivity index (χ1) is 10.9. The van der Waals surface area contributed by atoms with Gasteiger partial charge in [-0.25, -0.2) is 0 Å². The van der Waals surface area contributed by atoms with E-state index in [1.54, 1.807) is 0 Å². The predicted octanol–water partition coefficient (Wildman–Crippen LogP) is -0.00560. The third-order valence-electron chi connectivity index (χ3n) is 6.29. The Labute approximate surface area is 167 Å². The smallest absolute Gasteiger partial charge is 1.00 e. The van der Waals surface area contributed by atoms with E-state index >= 15 is 0 Å². The Hall–Kier alpha value is 0.293. The standard InChI is InChI=1S/2C9H11.C3H6.2ClH.Zr/c2*1-2-5-9-7-3-6-8(9)4-1;1-3-2;;;/h2*1-2,4,6,9H,3,5,7H2;1H,3H2,2H3;2*1H;/q;;;;;+2/p-2. The van der Waals surface area contributed by atoms with Gasteiger partial charge in [0, 0.05) is 0 Å². The monoisotopic (exact) mass is 440 g/mol. The predicted molar refractivity (Wildman–Crippen MR) is 93.0 cm³/mol. The van der Waals surface area contributed by atoms with Crippen LogP contribution in [0.25, 0.3) is 0 Å². The summed E-state index contributed by atoms with van der Waals surface area (Å²) in [6, 6.07) is 0. The van der Waals surface area contributed by atoms with E-state index in [-0.39, 0.29) is 24.8 Å². The Morgan fingerprint density at radius 1 is 0.875 bits per heavy atom. The van der Waals surface area contributed by atoms with Crippen LogP contribution in [0.3, 0.4) is 0 Å². The van der Waals surface area contributed by atoms with Crippen LogP contribution in [-0.2, 0) is 21.3 Å². The maximum atomic E-state index is 2.86. The van der Waals surface area contributed by atoms with Crippen LogP contribution in [0.5, 0.6) is 0 Å². The van der Waals surface area contributed by atoms with E-state index in [9.17, 15) is 0 Å². The van der Waals surface area contributed by atoms with Crippen LogP contribution in [0.1, 0.15) is 51.9 Å². The van der Waals surface area contributed by atoms with Crippen LogP contribution >= 0.6 is 0 Å². The van der Waals surface area contributed by atoms with Crippen molar-refractivity contribution in [2.24, 2.45) is 11.8 Å². The molecule has 0 bridgehead atoms. The molecule has 0 nitrogen and oxygen atoms in total. The zero-order chi connectivity index (χ0) is 14.9. The summed E-state index contributed by atoms with van der Waals surface area (Å²) in [4.78, 5) is 0. The summed E-state index contributed by atoms with van der Waals surface area (Å²) in [5, 5.41) is 0. The van der Waals surface area contributed by atoms with Crippen molar-refractivity contribution in [3.05, 3.63) is 47.6 Å². The van der Waals surface area contributed by atoms with Gasteiger partial charge >= 0.3 is 144 Å². The fraction of sp³-hybridized carbons (Fsp3) is 0.571. The molecule has 2 fully saturated rings. The van der Waals surface area contributed by atoms with Gasteiger partial charge in [0.2, 0.25) is 0 Å². The Morgan fingerprint density at radius 3 is 1.83 bits per heavy atom. The van der Waals surface area contributed by atoms with E-state index < -0.39 is 21.3 Å². The molecular formula is C21H28Cl2Zr. The van der Waals surface area contributed by atoms with Crippen molar-refractivity contribution in [2.45, 2.75) is 59.1 Å². The molecule has 4 rings (SSSR count). The van der Waals surface area contributed by atoms with Crippen LogP contribution < -0.4 is 24.8 Å². The van der Waals surface area contributed by atoms with E-state index in [2.05, 4.69) is 47.1 Å². The quantitative estimate of drug-likeness (QED) is 0.577. The number of hydrogen-bond acceptors (Lipinski definition) is 0. The molecule has 0 heterocycles. The van der Waals surface area contributed by atoms with Crippen LogP contribution in [0.4, 0.5) is 0 Å². The van der Waals surface area contributed by atoms with Gasteiger partial charge < -0.3 is 24.8 Å². The first-order valence-electron chi connectivity index (χ1n) is 9.31. The maximum Gasteiger partial charge on any atom is -1.00 e. The summed E-state index contributed by atoms with van der Waals surface area (Å²) >= 11 is -1.54. The minimum Gasteiger partial charge on any atom is -1.00 e. The number of hydrogen-bond donors (Lipinski definition) is 0. The van der Waals surface area contributed by atoms with Gasteiger partial charge in [-0.2, -0.15) is 0 Å². The fourth-order valence-corrected chi connectivity index (χ4v) is 15.0. The fourth-order valence-electron chi connectivity index (χ4n) is 5.31. The minimum atomic E-state index is -1.54. The Balaban J connectivity index is 0.00000104. The molecule has 4 unspecified atom stereocenters. The Kier molecular flexibility index (Phi) is 7.98. The van der Waals surface area contributed by atoms with Gasteiger partial charge in [-0.3, -0.25) is 0 Å². The number of rotatable bonds is 3. The third kappa shape index (κ3) is 3.84. The van der Waals surface area contributed by atoms with Gasteiger partial charge in [0.25, 0.3) is 0 Å².